The summed E-state index contributed by atoms with van der Waals surface area (Å²) < 4.78 is 18.9. The molecule has 1 aliphatic heterocycles. The maximum Gasteiger partial charge on any atom is 0.253 e. The highest BCUT2D eigenvalue weighted by atomic mass is 19.1. The monoisotopic (exact) mass is 428 g/mol. The fraction of sp³-hybridized carbons (Fsp3) is 0.458. The molecule has 6 nitrogen and oxygen atoms in total. The molecular formula is C24H33FN4O2. The van der Waals surface area contributed by atoms with E-state index in [1.165, 1.54) is 13.2 Å². The Morgan fingerprint density at radius 1 is 1.19 bits per heavy atom. The van der Waals surface area contributed by atoms with E-state index in [2.05, 4.69) is 34.7 Å². The van der Waals surface area contributed by atoms with Crippen LogP contribution in [0.1, 0.15) is 36.2 Å². The molecule has 3 N–H and O–H groups in total. The predicted octanol–water partition coefficient (Wildman–Crippen LogP) is 3.63. The number of hydrogen-bond donors (Lipinski definition) is 3. The van der Waals surface area contributed by atoms with Gasteiger partial charge in [0.1, 0.15) is 0 Å². The summed E-state index contributed by atoms with van der Waals surface area (Å²) in [7, 11) is 1.45. The standard InChI is InChI=1S/C24H33FN4O2/c1-17(2)8-9-27-24(30)20-15-19(5-6-22(20)29-12-10-26-11-13-29)28-16-18-4-7-23(31-3)21(25)14-18/h4-7,14-15,17,26,28H,8-13,16H2,1-3H3,(H,27,30). The molecule has 2 aromatic rings. The molecule has 1 aliphatic rings. The van der Waals surface area contributed by atoms with Crippen molar-refractivity contribution in [3.63, 3.8) is 0 Å². The van der Waals surface area contributed by atoms with Crippen molar-refractivity contribution >= 4 is 17.3 Å². The van der Waals surface area contributed by atoms with Crippen molar-refractivity contribution in [1.29, 1.82) is 0 Å². The third-order valence-electron chi connectivity index (χ3n) is 5.42. The molecule has 0 aliphatic carbocycles. The van der Waals surface area contributed by atoms with E-state index in [1.807, 2.05) is 24.3 Å². The molecule has 168 valence electrons. The molecule has 0 aromatic heterocycles. The molecule has 0 unspecified atom stereocenters. The van der Waals surface area contributed by atoms with Crippen molar-refractivity contribution in [1.82, 2.24) is 10.6 Å². The number of carbonyl (C=O) groups is 1. The average molecular weight is 429 g/mol. The second kappa shape index (κ2) is 11.0. The maximum atomic E-state index is 14.0. The number of benzene rings is 2. The lowest BCUT2D eigenvalue weighted by molar-refractivity contribution is 0.0952. The molecule has 0 radical (unpaired) electrons. The summed E-state index contributed by atoms with van der Waals surface area (Å²) in [6.07, 6.45) is 0.940. The maximum absolute atomic E-state index is 14.0. The van der Waals surface area contributed by atoms with Gasteiger partial charge in [-0.3, -0.25) is 4.79 Å². The lowest BCUT2D eigenvalue weighted by atomic mass is 10.1. The first-order valence-corrected chi connectivity index (χ1v) is 10.9. The van der Waals surface area contributed by atoms with E-state index in [0.29, 0.717) is 24.6 Å². The van der Waals surface area contributed by atoms with Gasteiger partial charge in [-0.2, -0.15) is 0 Å². The van der Waals surface area contributed by atoms with Crippen LogP contribution in [0, 0.1) is 11.7 Å². The Bertz CT molecular complexity index is 882. The van der Waals surface area contributed by atoms with Crippen LogP contribution < -0.4 is 25.6 Å². The van der Waals surface area contributed by atoms with Gasteiger partial charge in [-0.25, -0.2) is 4.39 Å². The average Bonchev–Trinajstić information content (AvgIpc) is 2.78. The van der Waals surface area contributed by atoms with Gasteiger partial charge in [0.15, 0.2) is 11.6 Å². The first-order chi connectivity index (χ1) is 15.0. The Hall–Kier alpha value is -2.80. The predicted molar refractivity (Wildman–Crippen MR) is 124 cm³/mol. The fourth-order valence-corrected chi connectivity index (χ4v) is 3.60. The summed E-state index contributed by atoms with van der Waals surface area (Å²) in [6, 6.07) is 10.8. The van der Waals surface area contributed by atoms with Crippen molar-refractivity contribution in [2.75, 3.05) is 50.1 Å². The van der Waals surface area contributed by atoms with E-state index in [9.17, 15) is 9.18 Å². The number of rotatable bonds is 9. The van der Waals surface area contributed by atoms with E-state index in [4.69, 9.17) is 4.74 Å². The molecule has 0 bridgehead atoms. The molecule has 7 heteroatoms. The number of halogens is 1. The molecule has 2 aromatic carbocycles. The van der Waals surface area contributed by atoms with Crippen LogP contribution in [0.4, 0.5) is 15.8 Å². The van der Waals surface area contributed by atoms with Gasteiger partial charge < -0.3 is 25.6 Å². The topological polar surface area (TPSA) is 65.6 Å². The smallest absolute Gasteiger partial charge is 0.253 e. The van der Waals surface area contributed by atoms with E-state index in [0.717, 1.165) is 49.5 Å². The Balaban J connectivity index is 1.76. The molecule has 3 rings (SSSR count). The SMILES string of the molecule is COc1ccc(CNc2ccc(N3CCNCC3)c(C(=O)NCCC(C)C)c2)cc1F. The molecule has 1 amide bonds. The second-order valence-electron chi connectivity index (χ2n) is 8.23. The molecular weight excluding hydrogens is 395 g/mol. The van der Waals surface area contributed by atoms with Gasteiger partial charge in [-0.15, -0.1) is 0 Å². The Labute approximate surface area is 184 Å². The molecule has 1 heterocycles. The number of piperazine rings is 1. The van der Waals surface area contributed by atoms with Crippen LogP contribution in [0.3, 0.4) is 0 Å². The molecule has 31 heavy (non-hydrogen) atoms. The van der Waals surface area contributed by atoms with E-state index in [-0.39, 0.29) is 17.5 Å². The molecule has 0 spiro atoms. The highest BCUT2D eigenvalue weighted by Crippen LogP contribution is 2.26. The summed E-state index contributed by atoms with van der Waals surface area (Å²) >= 11 is 0. The van der Waals surface area contributed by atoms with Crippen LogP contribution in [0.2, 0.25) is 0 Å². The minimum absolute atomic E-state index is 0.0617. The summed E-state index contributed by atoms with van der Waals surface area (Å²) in [6.45, 7) is 8.92. The highest BCUT2D eigenvalue weighted by Gasteiger charge is 2.19. The minimum atomic E-state index is -0.388. The summed E-state index contributed by atoms with van der Waals surface area (Å²) in [5, 5.41) is 9.71. The molecule has 1 saturated heterocycles. The van der Waals surface area contributed by atoms with Crippen LogP contribution in [0.25, 0.3) is 0 Å². The third-order valence-corrected chi connectivity index (χ3v) is 5.42. The number of amides is 1. The van der Waals surface area contributed by atoms with Crippen LogP contribution >= 0.6 is 0 Å². The Kier molecular flexibility index (Phi) is 8.12. The van der Waals surface area contributed by atoms with Gasteiger partial charge in [-0.1, -0.05) is 19.9 Å². The van der Waals surface area contributed by atoms with Crippen molar-refractivity contribution in [3.8, 4) is 5.75 Å². The number of nitrogens with one attached hydrogen (secondary N) is 3. The lowest BCUT2D eigenvalue weighted by Gasteiger charge is -2.31. The number of nitrogens with zero attached hydrogens (tertiary/aromatic N) is 1. The van der Waals surface area contributed by atoms with E-state index >= 15 is 0 Å². The highest BCUT2D eigenvalue weighted by molar-refractivity contribution is 6.00. The van der Waals surface area contributed by atoms with Crippen LogP contribution in [-0.4, -0.2) is 45.7 Å². The zero-order valence-electron chi connectivity index (χ0n) is 18.6. The minimum Gasteiger partial charge on any atom is -0.494 e. The van der Waals surface area contributed by atoms with Gasteiger partial charge in [-0.05, 0) is 48.2 Å². The van der Waals surface area contributed by atoms with E-state index in [1.54, 1.807) is 6.07 Å². The third kappa shape index (κ3) is 6.34. The largest absolute Gasteiger partial charge is 0.494 e. The normalized spacial score (nSPS) is 13.9. The second-order valence-corrected chi connectivity index (χ2v) is 8.23. The van der Waals surface area contributed by atoms with Gasteiger partial charge in [0.05, 0.1) is 12.7 Å². The van der Waals surface area contributed by atoms with Gasteiger partial charge in [0.2, 0.25) is 0 Å². The Morgan fingerprint density at radius 3 is 2.65 bits per heavy atom. The number of carbonyl (C=O) groups excluding carboxylic acids is 1. The number of anilines is 2. The van der Waals surface area contributed by atoms with Crippen molar-refractivity contribution in [2.24, 2.45) is 5.92 Å². The van der Waals surface area contributed by atoms with Gasteiger partial charge in [0.25, 0.3) is 5.91 Å². The first kappa shape index (κ1) is 22.9. The number of methoxy groups -OCH3 is 1. The van der Waals surface area contributed by atoms with Crippen LogP contribution in [0.5, 0.6) is 5.75 Å². The van der Waals surface area contributed by atoms with Gasteiger partial charge in [0, 0.05) is 50.6 Å². The van der Waals surface area contributed by atoms with Gasteiger partial charge >= 0.3 is 0 Å². The van der Waals surface area contributed by atoms with E-state index < -0.39 is 0 Å². The summed E-state index contributed by atoms with van der Waals surface area (Å²) in [4.78, 5) is 15.2. The number of ether oxygens (including phenoxy) is 1. The van der Waals surface area contributed by atoms with Crippen molar-refractivity contribution < 1.29 is 13.9 Å². The first-order valence-electron chi connectivity index (χ1n) is 10.9. The van der Waals surface area contributed by atoms with Crippen molar-refractivity contribution in [3.05, 3.63) is 53.3 Å². The zero-order chi connectivity index (χ0) is 22.2. The van der Waals surface area contributed by atoms with Crippen molar-refractivity contribution in [2.45, 2.75) is 26.8 Å². The van der Waals surface area contributed by atoms with Crippen LogP contribution in [0.15, 0.2) is 36.4 Å². The molecule has 0 saturated carbocycles. The Morgan fingerprint density at radius 2 is 1.97 bits per heavy atom. The van der Waals surface area contributed by atoms with Crippen LogP contribution in [-0.2, 0) is 6.54 Å². The molecule has 1 fully saturated rings. The molecule has 0 atom stereocenters. The quantitative estimate of drug-likeness (QED) is 0.569. The summed E-state index contributed by atoms with van der Waals surface area (Å²) in [5.74, 6) is 0.310. The number of hydrogen-bond acceptors (Lipinski definition) is 5. The lowest BCUT2D eigenvalue weighted by Crippen LogP contribution is -2.44. The fourth-order valence-electron chi connectivity index (χ4n) is 3.60. The zero-order valence-corrected chi connectivity index (χ0v) is 18.6. The summed E-state index contributed by atoms with van der Waals surface area (Å²) in [5.41, 5.74) is 3.23.